The van der Waals surface area contributed by atoms with E-state index in [0.717, 1.165) is 4.90 Å². The summed E-state index contributed by atoms with van der Waals surface area (Å²) in [6.45, 7) is 1.74. The van der Waals surface area contributed by atoms with Crippen molar-refractivity contribution in [1.82, 2.24) is 4.90 Å². The monoisotopic (exact) mass is 312 g/mol. The molecule has 6 heteroatoms. The SMILES string of the molecule is Cc1ccc(F)cc1NC(=O)c1ccc2c(c1)C(=O)N(C)C2=O. The molecule has 0 aliphatic carbocycles. The van der Waals surface area contributed by atoms with Gasteiger partial charge in [0, 0.05) is 18.3 Å². The van der Waals surface area contributed by atoms with Gasteiger partial charge in [-0.3, -0.25) is 19.3 Å². The van der Waals surface area contributed by atoms with Crippen molar-refractivity contribution in [3.8, 4) is 0 Å². The van der Waals surface area contributed by atoms with E-state index in [9.17, 15) is 18.8 Å². The van der Waals surface area contributed by atoms with Crippen LogP contribution in [0.4, 0.5) is 10.1 Å². The number of hydrogen-bond acceptors (Lipinski definition) is 3. The third kappa shape index (κ3) is 2.48. The number of carbonyl (C=O) groups is 3. The van der Waals surface area contributed by atoms with Crippen LogP contribution in [0.15, 0.2) is 36.4 Å². The second-order valence-electron chi connectivity index (χ2n) is 5.34. The number of amides is 3. The molecule has 0 bridgehead atoms. The number of anilines is 1. The maximum atomic E-state index is 13.3. The smallest absolute Gasteiger partial charge is 0.261 e. The normalized spacial score (nSPS) is 13.3. The molecule has 0 atom stereocenters. The van der Waals surface area contributed by atoms with Gasteiger partial charge in [-0.2, -0.15) is 0 Å². The molecule has 23 heavy (non-hydrogen) atoms. The molecule has 0 aromatic heterocycles. The molecular weight excluding hydrogens is 299 g/mol. The third-order valence-electron chi connectivity index (χ3n) is 3.80. The summed E-state index contributed by atoms with van der Waals surface area (Å²) in [6.07, 6.45) is 0. The van der Waals surface area contributed by atoms with Crippen molar-refractivity contribution in [3.63, 3.8) is 0 Å². The van der Waals surface area contributed by atoms with Crippen molar-refractivity contribution < 1.29 is 18.8 Å². The lowest BCUT2D eigenvalue weighted by Crippen LogP contribution is -2.24. The molecule has 2 aromatic rings. The van der Waals surface area contributed by atoms with Gasteiger partial charge >= 0.3 is 0 Å². The number of fused-ring (bicyclic) bond motifs is 1. The molecule has 0 radical (unpaired) electrons. The van der Waals surface area contributed by atoms with Gasteiger partial charge in [0.1, 0.15) is 5.82 Å². The van der Waals surface area contributed by atoms with Crippen molar-refractivity contribution >= 4 is 23.4 Å². The molecule has 3 amide bonds. The second kappa shape index (κ2) is 5.31. The van der Waals surface area contributed by atoms with Crippen LogP contribution in [-0.4, -0.2) is 29.7 Å². The van der Waals surface area contributed by atoms with Crippen LogP contribution in [0, 0.1) is 12.7 Å². The zero-order valence-electron chi connectivity index (χ0n) is 12.5. The predicted molar refractivity (Wildman–Crippen MR) is 82.0 cm³/mol. The van der Waals surface area contributed by atoms with E-state index in [2.05, 4.69) is 5.32 Å². The van der Waals surface area contributed by atoms with Crippen molar-refractivity contribution in [3.05, 3.63) is 64.5 Å². The minimum absolute atomic E-state index is 0.195. The quantitative estimate of drug-likeness (QED) is 0.867. The fourth-order valence-corrected chi connectivity index (χ4v) is 2.43. The van der Waals surface area contributed by atoms with E-state index in [1.165, 1.54) is 37.4 Å². The van der Waals surface area contributed by atoms with Gasteiger partial charge in [0.15, 0.2) is 0 Å². The molecule has 3 rings (SSSR count). The summed E-state index contributed by atoms with van der Waals surface area (Å²) in [7, 11) is 1.39. The lowest BCUT2D eigenvalue weighted by Gasteiger charge is -2.09. The molecule has 0 spiro atoms. The maximum absolute atomic E-state index is 13.3. The number of nitrogens with one attached hydrogen (secondary N) is 1. The zero-order valence-corrected chi connectivity index (χ0v) is 12.5. The Morgan fingerprint density at radius 3 is 2.48 bits per heavy atom. The van der Waals surface area contributed by atoms with E-state index < -0.39 is 23.5 Å². The van der Waals surface area contributed by atoms with E-state index in [-0.39, 0.29) is 16.7 Å². The molecule has 0 saturated heterocycles. The minimum Gasteiger partial charge on any atom is -0.322 e. The summed E-state index contributed by atoms with van der Waals surface area (Å²) in [6, 6.07) is 8.39. The summed E-state index contributed by atoms with van der Waals surface area (Å²) in [5.41, 5.74) is 1.77. The van der Waals surface area contributed by atoms with Crippen LogP contribution in [-0.2, 0) is 0 Å². The van der Waals surface area contributed by atoms with Crippen LogP contribution in [0.2, 0.25) is 0 Å². The van der Waals surface area contributed by atoms with Crippen LogP contribution in [0.1, 0.15) is 36.6 Å². The Morgan fingerprint density at radius 2 is 1.74 bits per heavy atom. The van der Waals surface area contributed by atoms with Crippen molar-refractivity contribution in [2.24, 2.45) is 0 Å². The minimum atomic E-state index is -0.476. The molecule has 1 aliphatic rings. The van der Waals surface area contributed by atoms with Crippen LogP contribution in [0.25, 0.3) is 0 Å². The zero-order chi connectivity index (χ0) is 16.7. The van der Waals surface area contributed by atoms with E-state index >= 15 is 0 Å². The fourth-order valence-electron chi connectivity index (χ4n) is 2.43. The van der Waals surface area contributed by atoms with Gasteiger partial charge < -0.3 is 5.32 Å². The Labute approximate surface area is 131 Å². The number of benzene rings is 2. The molecule has 116 valence electrons. The second-order valence-corrected chi connectivity index (χ2v) is 5.34. The van der Waals surface area contributed by atoms with E-state index in [1.807, 2.05) is 0 Å². The number of aryl methyl sites for hydroxylation is 1. The van der Waals surface area contributed by atoms with Crippen molar-refractivity contribution in [2.45, 2.75) is 6.92 Å². The number of rotatable bonds is 2. The topological polar surface area (TPSA) is 66.5 Å². The van der Waals surface area contributed by atoms with Crippen LogP contribution in [0.5, 0.6) is 0 Å². The molecule has 0 unspecified atom stereocenters. The number of nitrogens with zero attached hydrogens (tertiary/aromatic N) is 1. The van der Waals surface area contributed by atoms with Gasteiger partial charge in [-0.1, -0.05) is 6.07 Å². The Bertz CT molecular complexity index is 861. The first kappa shape index (κ1) is 14.9. The Hall–Kier alpha value is -3.02. The van der Waals surface area contributed by atoms with Gasteiger partial charge in [0.25, 0.3) is 17.7 Å². The first-order valence-electron chi connectivity index (χ1n) is 6.92. The molecule has 1 aliphatic heterocycles. The number of hydrogen-bond donors (Lipinski definition) is 1. The van der Waals surface area contributed by atoms with Gasteiger partial charge in [0.2, 0.25) is 0 Å². The number of carbonyl (C=O) groups excluding carboxylic acids is 3. The fraction of sp³-hybridized carbons (Fsp3) is 0.118. The van der Waals surface area contributed by atoms with E-state index in [1.54, 1.807) is 13.0 Å². The summed E-state index contributed by atoms with van der Waals surface area (Å²) in [4.78, 5) is 37.1. The number of halogens is 1. The average molecular weight is 312 g/mol. The highest BCUT2D eigenvalue weighted by Crippen LogP contribution is 2.23. The Balaban J connectivity index is 1.92. The summed E-state index contributed by atoms with van der Waals surface area (Å²) < 4.78 is 13.3. The third-order valence-corrected chi connectivity index (χ3v) is 3.80. The van der Waals surface area contributed by atoms with Gasteiger partial charge in [-0.25, -0.2) is 4.39 Å². The highest BCUT2D eigenvalue weighted by Gasteiger charge is 2.33. The van der Waals surface area contributed by atoms with Gasteiger partial charge in [-0.15, -0.1) is 0 Å². The first-order valence-corrected chi connectivity index (χ1v) is 6.92. The van der Waals surface area contributed by atoms with Gasteiger partial charge in [0.05, 0.1) is 11.1 Å². The highest BCUT2D eigenvalue weighted by molar-refractivity contribution is 6.22. The van der Waals surface area contributed by atoms with Crippen molar-refractivity contribution in [2.75, 3.05) is 12.4 Å². The molecule has 0 saturated carbocycles. The highest BCUT2D eigenvalue weighted by atomic mass is 19.1. The molecule has 0 fully saturated rings. The first-order chi connectivity index (χ1) is 10.9. The summed E-state index contributed by atoms with van der Waals surface area (Å²) >= 11 is 0. The van der Waals surface area contributed by atoms with Crippen LogP contribution >= 0.6 is 0 Å². The van der Waals surface area contributed by atoms with E-state index in [0.29, 0.717) is 11.3 Å². The molecular formula is C17H13FN2O3. The standard InChI is InChI=1S/C17H13FN2O3/c1-9-3-5-11(18)8-14(9)19-15(21)10-4-6-12-13(7-10)17(23)20(2)16(12)22/h3-8H,1-2H3,(H,19,21). The van der Waals surface area contributed by atoms with Gasteiger partial charge in [-0.05, 0) is 42.8 Å². The summed E-state index contributed by atoms with van der Waals surface area (Å²) in [5, 5.41) is 2.61. The molecule has 1 heterocycles. The molecule has 1 N–H and O–H groups in total. The van der Waals surface area contributed by atoms with Crippen molar-refractivity contribution in [1.29, 1.82) is 0 Å². The van der Waals surface area contributed by atoms with E-state index in [4.69, 9.17) is 0 Å². The Morgan fingerprint density at radius 1 is 1.04 bits per heavy atom. The lowest BCUT2D eigenvalue weighted by molar-refractivity contribution is 0.0693. The molecule has 5 nitrogen and oxygen atoms in total. The molecule has 2 aromatic carbocycles. The average Bonchev–Trinajstić information content (AvgIpc) is 2.75. The maximum Gasteiger partial charge on any atom is 0.261 e. The van der Waals surface area contributed by atoms with Crippen LogP contribution < -0.4 is 5.32 Å². The Kier molecular flexibility index (Phi) is 3.44. The largest absolute Gasteiger partial charge is 0.322 e. The number of imide groups is 1. The van der Waals surface area contributed by atoms with Crippen LogP contribution in [0.3, 0.4) is 0 Å². The lowest BCUT2D eigenvalue weighted by atomic mass is 10.0. The summed E-state index contributed by atoms with van der Waals surface area (Å²) in [5.74, 6) is -1.77. The predicted octanol–water partition coefficient (Wildman–Crippen LogP) is 2.61.